The van der Waals surface area contributed by atoms with Crippen LogP contribution in [0.3, 0.4) is 0 Å². The Morgan fingerprint density at radius 3 is 1.98 bits per heavy atom. The molecule has 0 spiro atoms. The molecule has 314 valence electrons. The van der Waals surface area contributed by atoms with Crippen LogP contribution in [0, 0.1) is 6.85 Å². The second kappa shape index (κ2) is 15.9. The molecule has 62 heavy (non-hydrogen) atoms. The Kier molecular flexibility index (Phi) is 7.87. The van der Waals surface area contributed by atoms with E-state index < -0.39 is 77.1 Å². The van der Waals surface area contributed by atoms with E-state index in [2.05, 4.69) is 52.6 Å². The van der Waals surface area contributed by atoms with Gasteiger partial charge in [-0.3, -0.25) is 9.55 Å². The molecular weight excluding hydrogens is 755 g/mol. The summed E-state index contributed by atoms with van der Waals surface area (Å²) in [4.78, 5) is 9.95. The molecule has 0 saturated carbocycles. The van der Waals surface area contributed by atoms with Gasteiger partial charge in [0.2, 0.25) is 0 Å². The smallest absolute Gasteiger partial charge is 0.149 e. The van der Waals surface area contributed by atoms with Crippen LogP contribution in [0.15, 0.2) is 139 Å². The molecule has 4 nitrogen and oxygen atoms in total. The van der Waals surface area contributed by atoms with E-state index in [1.54, 1.807) is 0 Å². The zero-order chi connectivity index (χ0) is 53.8. The zero-order valence-electron chi connectivity index (χ0n) is 48.5. The van der Waals surface area contributed by atoms with Crippen LogP contribution >= 0.6 is 0 Å². The Morgan fingerprint density at radius 2 is 1.32 bits per heavy atom. The summed E-state index contributed by atoms with van der Waals surface area (Å²) in [6.07, 6.45) is -0.577. The molecule has 2 aromatic heterocycles. The Bertz CT molecular complexity index is 3490. The SMILES string of the molecule is [2H]c1nc(-c2cc(-c3cccc4c3nc(-c3cc(C(C)(C)C)cc(C(C)(C)C)c3O)n4-c3ccc(-c4ccccc4)c(C([2H])(C)C)c3)cc(C(C)(C)C)c2)c([2H])c(-c2c([2H])c([2H])c(C([2H])([2H])[2H])c([2H])c2[2H])c1[2H]. The Labute approximate surface area is 384 Å². The zero-order valence-corrected chi connectivity index (χ0v) is 37.5. The normalized spacial score (nSPS) is 15.3. The van der Waals surface area contributed by atoms with Crippen molar-refractivity contribution in [3.05, 3.63) is 167 Å². The van der Waals surface area contributed by atoms with Crippen LogP contribution in [0.1, 0.15) is 125 Å². The van der Waals surface area contributed by atoms with Crippen LogP contribution in [0.2, 0.25) is 0 Å². The quantitative estimate of drug-likeness (QED) is 0.174. The number of phenolic OH excluding ortho intramolecular Hbond substituents is 1. The molecule has 0 unspecified atom stereocenters. The first-order chi connectivity index (χ1) is 33.7. The third-order valence-electron chi connectivity index (χ3n) is 11.4. The molecule has 0 bridgehead atoms. The molecule has 8 rings (SSSR count). The predicted octanol–water partition coefficient (Wildman–Crippen LogP) is 15.8. The third-order valence-corrected chi connectivity index (χ3v) is 11.4. The first kappa shape index (κ1) is 30.7. The van der Waals surface area contributed by atoms with E-state index in [1.807, 2.05) is 130 Å². The Balaban J connectivity index is 1.46. The van der Waals surface area contributed by atoms with Gasteiger partial charge in [0.05, 0.1) is 31.9 Å². The first-order valence-electron chi connectivity index (χ1n) is 26.6. The number of nitrogens with zero attached hydrogens (tertiary/aromatic N) is 3. The van der Waals surface area contributed by atoms with Crippen molar-refractivity contribution < 1.29 is 20.2 Å². The molecule has 0 amide bonds. The fourth-order valence-electron chi connectivity index (χ4n) is 7.91. The van der Waals surface area contributed by atoms with Crippen molar-refractivity contribution in [3.8, 4) is 67.5 Å². The summed E-state index contributed by atoms with van der Waals surface area (Å²) in [5.74, 6) is -0.457. The number of fused-ring (bicyclic) bond motifs is 1. The fraction of sp³-hybridized carbons (Fsp3) is 0.276. The molecule has 0 atom stereocenters. The summed E-state index contributed by atoms with van der Waals surface area (Å²) < 4.78 is 97.6. The summed E-state index contributed by atoms with van der Waals surface area (Å²) >= 11 is 0. The molecule has 0 aliphatic carbocycles. The van der Waals surface area contributed by atoms with Gasteiger partial charge in [-0.15, -0.1) is 0 Å². The van der Waals surface area contributed by atoms with Crippen molar-refractivity contribution in [1.82, 2.24) is 14.5 Å². The minimum atomic E-state index is -2.97. The van der Waals surface area contributed by atoms with Crippen molar-refractivity contribution in [2.24, 2.45) is 0 Å². The number of aromatic nitrogens is 3. The number of rotatable bonds is 7. The topological polar surface area (TPSA) is 50.9 Å². The number of para-hydroxylation sites is 1. The highest BCUT2D eigenvalue weighted by molar-refractivity contribution is 5.97. The summed E-state index contributed by atoms with van der Waals surface area (Å²) in [5.41, 5.74) is 6.58. The molecule has 0 aliphatic heterocycles. The van der Waals surface area contributed by atoms with Gasteiger partial charge in [-0.05, 0) is 122 Å². The molecule has 0 saturated heterocycles. The number of hydrogen-bond donors (Lipinski definition) is 1. The van der Waals surface area contributed by atoms with Gasteiger partial charge < -0.3 is 5.11 Å². The molecule has 0 fully saturated rings. The average molecular weight is 827 g/mol. The maximum atomic E-state index is 12.5. The second-order valence-electron chi connectivity index (χ2n) is 19.5. The van der Waals surface area contributed by atoms with Gasteiger partial charge >= 0.3 is 0 Å². The van der Waals surface area contributed by atoms with Gasteiger partial charge in [-0.2, -0.15) is 0 Å². The lowest BCUT2D eigenvalue weighted by molar-refractivity contribution is 0.446. The van der Waals surface area contributed by atoms with Gasteiger partial charge in [-0.25, -0.2) is 4.98 Å². The highest BCUT2D eigenvalue weighted by atomic mass is 16.3. The average Bonchev–Trinajstić information content (AvgIpc) is 3.68. The van der Waals surface area contributed by atoms with E-state index in [1.165, 1.54) is 0 Å². The number of phenols is 1. The predicted molar refractivity (Wildman–Crippen MR) is 263 cm³/mol. The standard InChI is InChI=1S/C58H61N3O/c1-36(2)48-35-45(25-26-46(48)39-17-14-13-15-18-39)61-52-20-16-19-47(53(52)60-55(61)49-33-44(57(7,8)9)34-50(54(49)62)58(10,11)12)41-29-42(31-43(30-41)56(4,5)6)51-32-40(27-28-59-51)38-23-21-37(3)22-24-38/h13-36,62H,1-12H3/i3D3,21D,22D,23D,24D,27D,28D,32D,36D. The van der Waals surface area contributed by atoms with Gasteiger partial charge in [0.25, 0.3) is 0 Å². The number of hydrogen-bond acceptors (Lipinski definition) is 3. The van der Waals surface area contributed by atoms with Crippen molar-refractivity contribution in [2.45, 2.75) is 105 Å². The summed E-state index contributed by atoms with van der Waals surface area (Å²) in [7, 11) is 0. The van der Waals surface area contributed by atoms with Crippen LogP contribution in [-0.4, -0.2) is 19.6 Å². The molecule has 0 radical (unpaired) electrons. The van der Waals surface area contributed by atoms with Gasteiger partial charge in [0.15, 0.2) is 0 Å². The van der Waals surface area contributed by atoms with E-state index in [4.69, 9.17) is 17.3 Å². The highest BCUT2D eigenvalue weighted by Gasteiger charge is 2.29. The maximum absolute atomic E-state index is 12.5. The van der Waals surface area contributed by atoms with E-state index in [9.17, 15) is 7.85 Å². The number of benzene rings is 6. The van der Waals surface area contributed by atoms with E-state index in [-0.39, 0.29) is 22.4 Å². The van der Waals surface area contributed by atoms with E-state index in [0.29, 0.717) is 39.1 Å². The number of imidazole rings is 1. The van der Waals surface area contributed by atoms with Crippen LogP contribution in [-0.2, 0) is 16.2 Å². The maximum Gasteiger partial charge on any atom is 0.149 e. The first-order valence-corrected chi connectivity index (χ1v) is 21.1. The monoisotopic (exact) mass is 827 g/mol. The van der Waals surface area contributed by atoms with Crippen LogP contribution < -0.4 is 0 Å². The molecule has 8 aromatic rings. The van der Waals surface area contributed by atoms with Crippen LogP contribution in [0.5, 0.6) is 5.75 Å². The second-order valence-corrected chi connectivity index (χ2v) is 19.5. The number of aromatic hydroxyl groups is 1. The highest BCUT2D eigenvalue weighted by Crippen LogP contribution is 2.45. The molecule has 2 heterocycles. The van der Waals surface area contributed by atoms with Gasteiger partial charge in [0.1, 0.15) is 11.6 Å². The minimum Gasteiger partial charge on any atom is -0.507 e. The molecule has 1 N–H and O–H groups in total. The largest absolute Gasteiger partial charge is 0.507 e. The van der Waals surface area contributed by atoms with Crippen molar-refractivity contribution in [1.29, 1.82) is 0 Å². The van der Waals surface area contributed by atoms with Crippen LogP contribution in [0.25, 0.3) is 72.7 Å². The fourth-order valence-corrected chi connectivity index (χ4v) is 7.91. The molecule has 6 aromatic carbocycles. The van der Waals surface area contributed by atoms with Crippen molar-refractivity contribution in [2.75, 3.05) is 0 Å². The Hall–Kier alpha value is -6.26. The van der Waals surface area contributed by atoms with Crippen molar-refractivity contribution in [3.63, 3.8) is 0 Å². The Morgan fingerprint density at radius 1 is 0.629 bits per heavy atom. The van der Waals surface area contributed by atoms with Gasteiger partial charge in [0, 0.05) is 34.0 Å². The lowest BCUT2D eigenvalue weighted by Gasteiger charge is -2.27. The molecular formula is C58H61N3O. The van der Waals surface area contributed by atoms with Crippen LogP contribution in [0.4, 0.5) is 0 Å². The number of pyridine rings is 1. The van der Waals surface area contributed by atoms with E-state index in [0.717, 1.165) is 39.1 Å². The summed E-state index contributed by atoms with van der Waals surface area (Å²) in [5, 5.41) is 12.5. The molecule has 0 aliphatic rings. The lowest BCUT2D eigenvalue weighted by Crippen LogP contribution is -2.17. The van der Waals surface area contributed by atoms with E-state index >= 15 is 0 Å². The molecule has 4 heteroatoms. The third kappa shape index (κ3) is 8.23. The van der Waals surface area contributed by atoms with Gasteiger partial charge in [-0.1, -0.05) is 167 Å². The minimum absolute atomic E-state index is 0.0545. The lowest BCUT2D eigenvalue weighted by atomic mass is 9.79. The van der Waals surface area contributed by atoms with Crippen molar-refractivity contribution >= 4 is 11.0 Å². The summed E-state index contributed by atoms with van der Waals surface area (Å²) in [6, 6.07) is 27.5. The summed E-state index contributed by atoms with van der Waals surface area (Å²) in [6.45, 7) is 19.5.